The van der Waals surface area contributed by atoms with E-state index in [1.54, 1.807) is 7.11 Å². The fourth-order valence-electron chi connectivity index (χ4n) is 3.17. The summed E-state index contributed by atoms with van der Waals surface area (Å²) < 4.78 is 10.8. The highest BCUT2D eigenvalue weighted by molar-refractivity contribution is 6.06. The van der Waals surface area contributed by atoms with Crippen molar-refractivity contribution >= 4 is 11.6 Å². The van der Waals surface area contributed by atoms with Gasteiger partial charge in [-0.2, -0.15) is 0 Å². The Bertz CT molecular complexity index is 527. The summed E-state index contributed by atoms with van der Waals surface area (Å²) in [6, 6.07) is 7.79. The van der Waals surface area contributed by atoms with Crippen molar-refractivity contribution in [1.29, 1.82) is 0 Å². The molecule has 20 heavy (non-hydrogen) atoms. The van der Waals surface area contributed by atoms with Gasteiger partial charge in [-0.15, -0.1) is 0 Å². The molecule has 4 heteroatoms. The summed E-state index contributed by atoms with van der Waals surface area (Å²) in [7, 11) is 1.64. The minimum Gasteiger partial charge on any atom is -0.497 e. The first-order chi connectivity index (χ1) is 9.52. The van der Waals surface area contributed by atoms with Crippen LogP contribution >= 0.6 is 0 Å². The number of nitrogens with zero attached hydrogens (tertiary/aromatic N) is 1. The minimum absolute atomic E-state index is 0.142. The third kappa shape index (κ3) is 1.74. The molecule has 1 amide bonds. The highest BCUT2D eigenvalue weighted by Gasteiger charge is 2.64. The summed E-state index contributed by atoms with van der Waals surface area (Å²) in [5, 5.41) is 0. The second-order valence-electron chi connectivity index (χ2n) is 5.89. The standard InChI is InChI=1S/C16H21NO3/c1-5-16(3)14(13-10(2)20-13)17(15(16)18)11-6-8-12(19-4)9-7-11/h6-10,13-14H,5H2,1-4H3/t10-,13+,14-,16-/m0/s1. The molecule has 2 aliphatic rings. The predicted molar refractivity (Wildman–Crippen MR) is 77.0 cm³/mol. The van der Waals surface area contributed by atoms with Crippen molar-refractivity contribution in [2.45, 2.75) is 45.4 Å². The number of benzene rings is 1. The number of carbonyl (C=O) groups excluding carboxylic acids is 1. The number of hydrogen-bond acceptors (Lipinski definition) is 3. The fraction of sp³-hybridized carbons (Fsp3) is 0.562. The van der Waals surface area contributed by atoms with Gasteiger partial charge in [0.15, 0.2) is 0 Å². The smallest absolute Gasteiger partial charge is 0.235 e. The van der Waals surface area contributed by atoms with Gasteiger partial charge < -0.3 is 14.4 Å². The average molecular weight is 275 g/mol. The first-order valence-electron chi connectivity index (χ1n) is 7.16. The summed E-state index contributed by atoms with van der Waals surface area (Å²) >= 11 is 0. The van der Waals surface area contributed by atoms with Crippen LogP contribution < -0.4 is 9.64 Å². The maximum absolute atomic E-state index is 12.6. The molecule has 0 radical (unpaired) electrons. The number of carbonyl (C=O) groups is 1. The lowest BCUT2D eigenvalue weighted by atomic mass is 9.68. The number of methoxy groups -OCH3 is 1. The molecular weight excluding hydrogens is 254 g/mol. The number of hydrogen-bond donors (Lipinski definition) is 0. The van der Waals surface area contributed by atoms with E-state index in [-0.39, 0.29) is 29.6 Å². The molecule has 0 spiro atoms. The Morgan fingerprint density at radius 3 is 2.40 bits per heavy atom. The number of rotatable bonds is 4. The normalized spacial score (nSPS) is 35.7. The van der Waals surface area contributed by atoms with Crippen molar-refractivity contribution in [2.75, 3.05) is 12.0 Å². The Balaban J connectivity index is 1.89. The molecular formula is C16H21NO3. The zero-order valence-corrected chi connectivity index (χ0v) is 12.4. The van der Waals surface area contributed by atoms with Crippen LogP contribution in [0, 0.1) is 5.41 Å². The molecule has 108 valence electrons. The number of anilines is 1. The molecule has 0 aromatic heterocycles. The first-order valence-corrected chi connectivity index (χ1v) is 7.16. The van der Waals surface area contributed by atoms with E-state index in [0.717, 1.165) is 17.9 Å². The van der Waals surface area contributed by atoms with Gasteiger partial charge in [0.25, 0.3) is 0 Å². The summed E-state index contributed by atoms with van der Waals surface area (Å²) in [5.74, 6) is 0.991. The van der Waals surface area contributed by atoms with Gasteiger partial charge >= 0.3 is 0 Å². The van der Waals surface area contributed by atoms with Gasteiger partial charge in [-0.25, -0.2) is 0 Å². The molecule has 1 aromatic rings. The van der Waals surface area contributed by atoms with E-state index in [9.17, 15) is 4.79 Å². The molecule has 0 N–H and O–H groups in total. The highest BCUT2D eigenvalue weighted by atomic mass is 16.6. The molecule has 2 saturated heterocycles. The van der Waals surface area contributed by atoms with Crippen LogP contribution in [0.3, 0.4) is 0 Å². The number of amides is 1. The number of epoxide rings is 1. The molecule has 0 bridgehead atoms. The zero-order valence-electron chi connectivity index (χ0n) is 12.4. The molecule has 2 aliphatic heterocycles. The van der Waals surface area contributed by atoms with Gasteiger partial charge in [-0.3, -0.25) is 4.79 Å². The maximum Gasteiger partial charge on any atom is 0.235 e. The lowest BCUT2D eigenvalue weighted by molar-refractivity contribution is -0.139. The Morgan fingerprint density at radius 1 is 1.35 bits per heavy atom. The quantitative estimate of drug-likeness (QED) is 0.626. The summed E-state index contributed by atoms with van der Waals surface area (Å²) in [6.07, 6.45) is 1.26. The van der Waals surface area contributed by atoms with E-state index in [4.69, 9.17) is 9.47 Å². The highest BCUT2D eigenvalue weighted by Crippen LogP contribution is 2.50. The van der Waals surface area contributed by atoms with Gasteiger partial charge in [-0.1, -0.05) is 6.92 Å². The summed E-state index contributed by atoms with van der Waals surface area (Å²) in [5.41, 5.74) is 0.629. The Morgan fingerprint density at radius 2 is 1.95 bits per heavy atom. The molecule has 2 fully saturated rings. The molecule has 4 nitrogen and oxygen atoms in total. The van der Waals surface area contributed by atoms with Crippen LogP contribution in [0.5, 0.6) is 5.75 Å². The van der Waals surface area contributed by atoms with Gasteiger partial charge in [0.2, 0.25) is 5.91 Å². The van der Waals surface area contributed by atoms with E-state index >= 15 is 0 Å². The number of β-lactam (4-membered cyclic amide) rings is 1. The molecule has 0 saturated carbocycles. The van der Waals surface area contributed by atoms with Gasteiger partial charge in [0, 0.05) is 5.69 Å². The van der Waals surface area contributed by atoms with Crippen molar-refractivity contribution < 1.29 is 14.3 Å². The van der Waals surface area contributed by atoms with Crippen molar-refractivity contribution in [1.82, 2.24) is 0 Å². The van der Waals surface area contributed by atoms with Gasteiger partial charge in [0.05, 0.1) is 24.7 Å². The fourth-order valence-corrected chi connectivity index (χ4v) is 3.17. The van der Waals surface area contributed by atoms with Crippen LogP contribution in [0.25, 0.3) is 0 Å². The Labute approximate surface area is 119 Å². The first kappa shape index (κ1) is 13.4. The molecule has 0 unspecified atom stereocenters. The average Bonchev–Trinajstić information content (AvgIpc) is 3.19. The van der Waals surface area contributed by atoms with E-state index < -0.39 is 0 Å². The van der Waals surface area contributed by atoms with E-state index in [2.05, 4.69) is 20.8 Å². The molecule has 3 rings (SSSR count). The third-order valence-electron chi connectivity index (χ3n) is 4.79. The Hall–Kier alpha value is -1.55. The lowest BCUT2D eigenvalue weighted by Crippen LogP contribution is -2.70. The molecule has 2 heterocycles. The zero-order chi connectivity index (χ0) is 14.5. The summed E-state index contributed by atoms with van der Waals surface area (Å²) in [4.78, 5) is 14.4. The largest absolute Gasteiger partial charge is 0.497 e. The Kier molecular flexibility index (Phi) is 3.01. The van der Waals surface area contributed by atoms with E-state index in [1.807, 2.05) is 29.2 Å². The van der Waals surface area contributed by atoms with Crippen molar-refractivity contribution in [3.05, 3.63) is 24.3 Å². The second kappa shape index (κ2) is 4.48. The van der Waals surface area contributed by atoms with E-state index in [1.165, 1.54) is 0 Å². The monoisotopic (exact) mass is 275 g/mol. The van der Waals surface area contributed by atoms with Gasteiger partial charge in [-0.05, 0) is 44.5 Å². The van der Waals surface area contributed by atoms with Crippen molar-refractivity contribution in [3.8, 4) is 5.75 Å². The van der Waals surface area contributed by atoms with Crippen LogP contribution in [0.2, 0.25) is 0 Å². The minimum atomic E-state index is -0.296. The van der Waals surface area contributed by atoms with Crippen molar-refractivity contribution in [2.24, 2.45) is 5.41 Å². The topological polar surface area (TPSA) is 42.1 Å². The van der Waals surface area contributed by atoms with Crippen LogP contribution in [0.4, 0.5) is 5.69 Å². The molecule has 4 atom stereocenters. The van der Waals surface area contributed by atoms with Crippen LogP contribution in [0.15, 0.2) is 24.3 Å². The van der Waals surface area contributed by atoms with E-state index in [0.29, 0.717) is 0 Å². The summed E-state index contributed by atoms with van der Waals surface area (Å²) in [6.45, 7) is 6.19. The van der Waals surface area contributed by atoms with Crippen LogP contribution in [-0.2, 0) is 9.53 Å². The second-order valence-corrected chi connectivity index (χ2v) is 5.89. The van der Waals surface area contributed by atoms with Crippen LogP contribution in [0.1, 0.15) is 27.2 Å². The molecule has 0 aliphatic carbocycles. The maximum atomic E-state index is 12.6. The predicted octanol–water partition coefficient (Wildman–Crippen LogP) is 2.61. The number of ether oxygens (including phenoxy) is 2. The third-order valence-corrected chi connectivity index (χ3v) is 4.79. The lowest BCUT2D eigenvalue weighted by Gasteiger charge is -2.54. The van der Waals surface area contributed by atoms with Crippen LogP contribution in [-0.4, -0.2) is 31.3 Å². The van der Waals surface area contributed by atoms with Gasteiger partial charge in [0.1, 0.15) is 11.9 Å². The van der Waals surface area contributed by atoms with Crippen molar-refractivity contribution in [3.63, 3.8) is 0 Å². The molecule has 1 aromatic carbocycles. The SMILES string of the molecule is CC[C@]1(C)C(=O)N(c2ccc(OC)cc2)[C@H]1[C@@H]1O[C@H]1C.